The minimum atomic E-state index is -0.183. The molecule has 0 radical (unpaired) electrons. The van der Waals surface area contributed by atoms with E-state index in [1.165, 1.54) is 5.56 Å². The molecule has 0 unspecified atom stereocenters. The van der Waals surface area contributed by atoms with Gasteiger partial charge in [0.1, 0.15) is 5.60 Å². The first-order valence-corrected chi connectivity index (χ1v) is 8.43. The van der Waals surface area contributed by atoms with E-state index in [1.807, 2.05) is 31.0 Å². The van der Waals surface area contributed by atoms with Crippen LogP contribution in [0.3, 0.4) is 0 Å². The number of carbonyl (C=O) groups is 1. The molecule has 2 fully saturated rings. The van der Waals surface area contributed by atoms with E-state index in [2.05, 4.69) is 11.9 Å². The molecule has 3 rings (SSSR count). The molecular formula is C18H26N2O3. The molecule has 2 aliphatic rings. The van der Waals surface area contributed by atoms with Crippen molar-refractivity contribution < 1.29 is 14.3 Å². The van der Waals surface area contributed by atoms with Gasteiger partial charge < -0.3 is 14.4 Å². The second kappa shape index (κ2) is 6.57. The topological polar surface area (TPSA) is 51.7 Å². The van der Waals surface area contributed by atoms with E-state index in [0.29, 0.717) is 26.3 Å². The molecule has 0 N–H and O–H groups in total. The van der Waals surface area contributed by atoms with Crippen LogP contribution in [0.2, 0.25) is 0 Å². The van der Waals surface area contributed by atoms with Crippen molar-refractivity contribution in [2.75, 3.05) is 19.7 Å². The summed E-state index contributed by atoms with van der Waals surface area (Å²) in [5, 5.41) is 0. The zero-order valence-electron chi connectivity index (χ0n) is 14.2. The van der Waals surface area contributed by atoms with Crippen LogP contribution in [0.25, 0.3) is 0 Å². The van der Waals surface area contributed by atoms with Gasteiger partial charge in [-0.25, -0.2) is 0 Å². The smallest absolute Gasteiger partial charge is 0.225 e. The van der Waals surface area contributed by atoms with E-state index in [0.717, 1.165) is 18.4 Å². The lowest BCUT2D eigenvalue weighted by molar-refractivity contribution is -0.204. The number of rotatable bonds is 4. The van der Waals surface area contributed by atoms with E-state index in [-0.39, 0.29) is 23.5 Å². The van der Waals surface area contributed by atoms with Crippen LogP contribution in [-0.4, -0.2) is 47.2 Å². The van der Waals surface area contributed by atoms with Crippen LogP contribution in [0.5, 0.6) is 0 Å². The first kappa shape index (κ1) is 16.4. The number of pyridine rings is 1. The molecule has 2 saturated heterocycles. The predicted molar refractivity (Wildman–Crippen MR) is 86.9 cm³/mol. The van der Waals surface area contributed by atoms with Crippen LogP contribution in [0.15, 0.2) is 18.5 Å². The number of hydrogen-bond acceptors (Lipinski definition) is 4. The zero-order chi connectivity index (χ0) is 16.4. The number of carbonyl (C=O) groups excluding carboxylic acids is 1. The Bertz CT molecular complexity index is 567. The fourth-order valence-corrected chi connectivity index (χ4v) is 3.37. The van der Waals surface area contributed by atoms with E-state index in [9.17, 15) is 4.79 Å². The second-order valence-corrected chi connectivity index (χ2v) is 7.11. The molecule has 1 aromatic rings. The lowest BCUT2D eigenvalue weighted by Crippen LogP contribution is -2.67. The second-order valence-electron chi connectivity index (χ2n) is 7.11. The minimum absolute atomic E-state index is 0.0524. The van der Waals surface area contributed by atoms with Crippen molar-refractivity contribution >= 4 is 5.91 Å². The summed E-state index contributed by atoms with van der Waals surface area (Å²) >= 11 is 0. The van der Waals surface area contributed by atoms with Crippen molar-refractivity contribution in [1.29, 1.82) is 0 Å². The highest BCUT2D eigenvalue weighted by molar-refractivity contribution is 5.79. The van der Waals surface area contributed by atoms with Crippen molar-refractivity contribution in [3.8, 4) is 0 Å². The van der Waals surface area contributed by atoms with E-state index < -0.39 is 0 Å². The minimum Gasteiger partial charge on any atom is -0.373 e. The number of likely N-dealkylation sites (tertiary alicyclic amines) is 1. The van der Waals surface area contributed by atoms with Crippen molar-refractivity contribution in [2.24, 2.45) is 5.92 Å². The van der Waals surface area contributed by atoms with Gasteiger partial charge in [-0.3, -0.25) is 9.78 Å². The number of hydrogen-bond donors (Lipinski definition) is 0. The lowest BCUT2D eigenvalue weighted by atomic mass is 9.84. The van der Waals surface area contributed by atoms with Gasteiger partial charge >= 0.3 is 0 Å². The largest absolute Gasteiger partial charge is 0.373 e. The third-order valence-electron chi connectivity index (χ3n) is 4.83. The number of nitrogens with zero attached hydrogens (tertiary/aromatic N) is 2. The summed E-state index contributed by atoms with van der Waals surface area (Å²) in [7, 11) is 0. The molecule has 1 spiro atoms. The van der Waals surface area contributed by atoms with Gasteiger partial charge in [0.2, 0.25) is 5.91 Å². The molecule has 1 atom stereocenters. The molecule has 3 heterocycles. The lowest BCUT2D eigenvalue weighted by Gasteiger charge is -2.53. The van der Waals surface area contributed by atoms with Crippen LogP contribution < -0.4 is 0 Å². The Morgan fingerprint density at radius 3 is 3.00 bits per heavy atom. The van der Waals surface area contributed by atoms with Gasteiger partial charge in [0.15, 0.2) is 0 Å². The average Bonchev–Trinajstić information content (AvgIpc) is 2.51. The summed E-state index contributed by atoms with van der Waals surface area (Å²) in [6, 6.07) is 2.01. The Morgan fingerprint density at radius 1 is 1.52 bits per heavy atom. The molecule has 5 nitrogen and oxygen atoms in total. The third kappa shape index (κ3) is 3.56. The van der Waals surface area contributed by atoms with Gasteiger partial charge in [-0.05, 0) is 30.5 Å². The number of aromatic nitrogens is 1. The standard InChI is InChI=1S/C18H26N2O3/c1-13(2)17(21)20-11-18(12-20)8-16(5-7-23-18)22-10-15-9-19-6-4-14(15)3/h4,6,9,13,16H,5,7-8,10-12H2,1-3H3/t16-/m0/s1. The summed E-state index contributed by atoms with van der Waals surface area (Å²) in [5.74, 6) is 0.268. The maximum atomic E-state index is 12.0. The SMILES string of the molecule is Cc1ccncc1CO[C@H]1CCOC2(C1)CN(C(=O)C(C)C)C2. The molecule has 1 amide bonds. The van der Waals surface area contributed by atoms with Crippen LogP contribution in [0.4, 0.5) is 0 Å². The van der Waals surface area contributed by atoms with Crippen LogP contribution >= 0.6 is 0 Å². The molecule has 126 valence electrons. The maximum Gasteiger partial charge on any atom is 0.225 e. The summed E-state index contributed by atoms with van der Waals surface area (Å²) in [5.41, 5.74) is 2.16. The quantitative estimate of drug-likeness (QED) is 0.855. The van der Waals surface area contributed by atoms with E-state index in [4.69, 9.17) is 9.47 Å². The monoisotopic (exact) mass is 318 g/mol. The van der Waals surface area contributed by atoms with Gasteiger partial charge in [0.25, 0.3) is 0 Å². The van der Waals surface area contributed by atoms with Crippen molar-refractivity contribution in [3.05, 3.63) is 29.6 Å². The number of amides is 1. The number of ether oxygens (including phenoxy) is 2. The Labute approximate surface area is 138 Å². The fraction of sp³-hybridized carbons (Fsp3) is 0.667. The van der Waals surface area contributed by atoms with Crippen LogP contribution in [0.1, 0.15) is 37.8 Å². The summed E-state index contributed by atoms with van der Waals surface area (Å²) < 4.78 is 12.1. The third-order valence-corrected chi connectivity index (χ3v) is 4.83. The Hall–Kier alpha value is -1.46. The van der Waals surface area contributed by atoms with Crippen molar-refractivity contribution in [1.82, 2.24) is 9.88 Å². The average molecular weight is 318 g/mol. The molecular weight excluding hydrogens is 292 g/mol. The first-order chi connectivity index (χ1) is 11.0. The summed E-state index contributed by atoms with van der Waals surface area (Å²) in [6.07, 6.45) is 5.65. The Kier molecular flexibility index (Phi) is 4.69. The highest BCUT2D eigenvalue weighted by Crippen LogP contribution is 2.36. The van der Waals surface area contributed by atoms with Gasteiger partial charge in [-0.15, -0.1) is 0 Å². The van der Waals surface area contributed by atoms with E-state index in [1.54, 1.807) is 6.20 Å². The highest BCUT2D eigenvalue weighted by atomic mass is 16.5. The molecule has 23 heavy (non-hydrogen) atoms. The molecule has 0 aromatic carbocycles. The van der Waals surface area contributed by atoms with Crippen molar-refractivity contribution in [3.63, 3.8) is 0 Å². The van der Waals surface area contributed by atoms with Crippen LogP contribution in [-0.2, 0) is 20.9 Å². The van der Waals surface area contributed by atoms with Crippen LogP contribution in [0, 0.1) is 12.8 Å². The van der Waals surface area contributed by atoms with Gasteiger partial charge in [-0.2, -0.15) is 0 Å². The maximum absolute atomic E-state index is 12.0. The molecule has 0 bridgehead atoms. The van der Waals surface area contributed by atoms with Crippen molar-refractivity contribution in [2.45, 2.75) is 51.9 Å². The zero-order valence-corrected chi connectivity index (χ0v) is 14.2. The Morgan fingerprint density at radius 2 is 2.30 bits per heavy atom. The molecule has 2 aliphatic heterocycles. The highest BCUT2D eigenvalue weighted by Gasteiger charge is 2.49. The molecule has 0 saturated carbocycles. The van der Waals surface area contributed by atoms with Gasteiger partial charge in [-0.1, -0.05) is 13.8 Å². The molecule has 5 heteroatoms. The number of aryl methyl sites for hydroxylation is 1. The molecule has 0 aliphatic carbocycles. The Balaban J connectivity index is 1.52. The molecule has 1 aromatic heterocycles. The summed E-state index contributed by atoms with van der Waals surface area (Å²) in [6.45, 7) is 8.67. The predicted octanol–water partition coefficient (Wildman–Crippen LogP) is 2.32. The van der Waals surface area contributed by atoms with E-state index >= 15 is 0 Å². The first-order valence-electron chi connectivity index (χ1n) is 8.43. The normalized spacial score (nSPS) is 23.1. The fourth-order valence-electron chi connectivity index (χ4n) is 3.37. The van der Waals surface area contributed by atoms with Gasteiger partial charge in [0, 0.05) is 31.3 Å². The summed E-state index contributed by atoms with van der Waals surface area (Å²) in [4.78, 5) is 18.1. The van der Waals surface area contributed by atoms with Gasteiger partial charge in [0.05, 0.1) is 25.8 Å².